The molecule has 0 aliphatic carbocycles. The zero-order valence-electron chi connectivity index (χ0n) is 14.6. The Hall–Kier alpha value is -3.09. The average molecular weight is 354 g/mol. The van der Waals surface area contributed by atoms with E-state index in [1.54, 1.807) is 0 Å². The molecule has 136 valence electrons. The van der Waals surface area contributed by atoms with Gasteiger partial charge in [0.1, 0.15) is 6.04 Å². The second-order valence-electron chi connectivity index (χ2n) is 6.32. The van der Waals surface area contributed by atoms with Crippen molar-refractivity contribution in [3.63, 3.8) is 0 Å². The van der Waals surface area contributed by atoms with Gasteiger partial charge in [0.15, 0.2) is 0 Å². The number of benzene rings is 1. The first-order chi connectivity index (χ1) is 12.5. The van der Waals surface area contributed by atoms with Crippen molar-refractivity contribution in [2.75, 3.05) is 6.54 Å². The van der Waals surface area contributed by atoms with E-state index in [4.69, 9.17) is 0 Å². The van der Waals surface area contributed by atoms with E-state index in [9.17, 15) is 14.4 Å². The fraction of sp³-hybridized carbons (Fsp3) is 0.316. The Morgan fingerprint density at radius 3 is 2.62 bits per heavy atom. The summed E-state index contributed by atoms with van der Waals surface area (Å²) in [6.07, 6.45) is 2.43. The Balaban J connectivity index is 1.50. The third kappa shape index (κ3) is 4.11. The molecule has 0 spiro atoms. The maximum Gasteiger partial charge on any atom is 0.324 e. The Morgan fingerprint density at radius 2 is 1.92 bits per heavy atom. The zero-order chi connectivity index (χ0) is 18.5. The molecule has 26 heavy (non-hydrogen) atoms. The topological polar surface area (TPSA) is 83.4 Å². The van der Waals surface area contributed by atoms with Gasteiger partial charge in [0.25, 0.3) is 5.91 Å². The number of nitrogens with zero attached hydrogens (tertiary/aromatic N) is 2. The number of amides is 4. The summed E-state index contributed by atoms with van der Waals surface area (Å²) in [7, 11) is 1.90. The van der Waals surface area contributed by atoms with E-state index in [0.717, 1.165) is 11.3 Å². The van der Waals surface area contributed by atoms with Crippen molar-refractivity contribution in [1.82, 2.24) is 20.1 Å². The number of nitrogens with one attached hydrogen (secondary N) is 2. The maximum atomic E-state index is 12.4. The van der Waals surface area contributed by atoms with Crippen LogP contribution < -0.4 is 10.6 Å². The van der Waals surface area contributed by atoms with Gasteiger partial charge in [-0.2, -0.15) is 0 Å². The fourth-order valence-electron chi connectivity index (χ4n) is 2.94. The molecule has 1 saturated heterocycles. The van der Waals surface area contributed by atoms with Crippen molar-refractivity contribution in [3.05, 3.63) is 59.9 Å². The van der Waals surface area contributed by atoms with Crippen LogP contribution in [0.5, 0.6) is 0 Å². The molecule has 7 heteroatoms. The van der Waals surface area contributed by atoms with Gasteiger partial charge in [-0.25, -0.2) is 4.79 Å². The van der Waals surface area contributed by atoms with E-state index in [-0.39, 0.29) is 18.2 Å². The van der Waals surface area contributed by atoms with Crippen LogP contribution in [0.1, 0.15) is 17.7 Å². The Morgan fingerprint density at radius 1 is 1.15 bits per heavy atom. The molecule has 0 unspecified atom stereocenters. The van der Waals surface area contributed by atoms with Gasteiger partial charge in [-0.3, -0.25) is 14.5 Å². The fourth-order valence-corrected chi connectivity index (χ4v) is 2.94. The van der Waals surface area contributed by atoms with Crippen LogP contribution in [0.25, 0.3) is 0 Å². The minimum atomic E-state index is -0.799. The van der Waals surface area contributed by atoms with Crippen molar-refractivity contribution in [2.24, 2.45) is 7.05 Å². The first-order valence-electron chi connectivity index (χ1n) is 8.57. The minimum absolute atomic E-state index is 0.0587. The SMILES string of the molecule is Cn1cccc1CNC(=O)C[C@@H]1NC(=O)N(CCc2ccccc2)C1=O. The number of hydrogen-bond donors (Lipinski definition) is 2. The van der Waals surface area contributed by atoms with Crippen molar-refractivity contribution < 1.29 is 14.4 Å². The molecule has 1 atom stereocenters. The van der Waals surface area contributed by atoms with Crippen LogP contribution in [0.15, 0.2) is 48.7 Å². The third-order valence-electron chi connectivity index (χ3n) is 4.48. The predicted molar refractivity (Wildman–Crippen MR) is 96.1 cm³/mol. The van der Waals surface area contributed by atoms with Crippen LogP contribution in [0.2, 0.25) is 0 Å². The Kier molecular flexibility index (Phi) is 5.36. The predicted octanol–water partition coefficient (Wildman–Crippen LogP) is 1.19. The van der Waals surface area contributed by atoms with Crippen molar-refractivity contribution >= 4 is 17.8 Å². The van der Waals surface area contributed by atoms with Crippen LogP contribution in [0, 0.1) is 0 Å². The highest BCUT2D eigenvalue weighted by molar-refractivity contribution is 6.05. The quantitative estimate of drug-likeness (QED) is 0.733. The number of hydrogen-bond acceptors (Lipinski definition) is 3. The van der Waals surface area contributed by atoms with Crippen molar-refractivity contribution in [2.45, 2.75) is 25.4 Å². The van der Waals surface area contributed by atoms with Gasteiger partial charge < -0.3 is 15.2 Å². The first kappa shape index (κ1) is 17.7. The van der Waals surface area contributed by atoms with Gasteiger partial charge in [-0.15, -0.1) is 0 Å². The molecule has 7 nitrogen and oxygen atoms in total. The molecular weight excluding hydrogens is 332 g/mol. The van der Waals surface area contributed by atoms with Crippen LogP contribution in [0.4, 0.5) is 4.79 Å². The van der Waals surface area contributed by atoms with E-state index in [1.807, 2.05) is 60.3 Å². The van der Waals surface area contributed by atoms with Crippen LogP contribution in [0.3, 0.4) is 0 Å². The smallest absolute Gasteiger partial charge is 0.324 e. The summed E-state index contributed by atoms with van der Waals surface area (Å²) in [5, 5.41) is 5.38. The van der Waals surface area contributed by atoms with Gasteiger partial charge in [0.2, 0.25) is 5.91 Å². The molecule has 2 heterocycles. The average Bonchev–Trinajstić information content (AvgIpc) is 3.15. The highest BCUT2D eigenvalue weighted by Crippen LogP contribution is 2.11. The first-order valence-corrected chi connectivity index (χ1v) is 8.57. The van der Waals surface area contributed by atoms with E-state index >= 15 is 0 Å². The summed E-state index contributed by atoms with van der Waals surface area (Å²) >= 11 is 0. The second-order valence-corrected chi connectivity index (χ2v) is 6.32. The number of aromatic nitrogens is 1. The molecule has 0 bridgehead atoms. The minimum Gasteiger partial charge on any atom is -0.353 e. The molecule has 2 N–H and O–H groups in total. The maximum absolute atomic E-state index is 12.4. The summed E-state index contributed by atoms with van der Waals surface area (Å²) in [6, 6.07) is 12.2. The monoisotopic (exact) mass is 354 g/mol. The summed E-state index contributed by atoms with van der Waals surface area (Å²) in [4.78, 5) is 37.7. The normalized spacial score (nSPS) is 16.7. The summed E-state index contributed by atoms with van der Waals surface area (Å²) in [6.45, 7) is 0.686. The molecule has 0 saturated carbocycles. The molecule has 1 aromatic carbocycles. The molecule has 3 rings (SSSR count). The van der Waals surface area contributed by atoms with Crippen molar-refractivity contribution in [3.8, 4) is 0 Å². The molecule has 1 fully saturated rings. The van der Waals surface area contributed by atoms with Crippen LogP contribution in [-0.4, -0.2) is 39.9 Å². The standard InChI is InChI=1S/C19H22N4O3/c1-22-10-5-8-15(22)13-20-17(24)12-16-18(25)23(19(26)21-16)11-9-14-6-3-2-4-7-14/h2-8,10,16H,9,11-13H2,1H3,(H,20,24)(H,21,26)/t16-/m0/s1. The largest absolute Gasteiger partial charge is 0.353 e. The van der Waals surface area contributed by atoms with E-state index < -0.39 is 12.1 Å². The molecule has 2 aromatic rings. The lowest BCUT2D eigenvalue weighted by molar-refractivity contribution is -0.130. The summed E-state index contributed by atoms with van der Waals surface area (Å²) in [5.41, 5.74) is 2.02. The lowest BCUT2D eigenvalue weighted by atomic mass is 10.1. The molecule has 4 amide bonds. The number of imide groups is 1. The van der Waals surface area contributed by atoms with Gasteiger partial charge >= 0.3 is 6.03 Å². The van der Waals surface area contributed by atoms with E-state index in [0.29, 0.717) is 19.5 Å². The van der Waals surface area contributed by atoms with Gasteiger partial charge in [0, 0.05) is 25.5 Å². The summed E-state index contributed by atoms with van der Waals surface area (Å²) in [5.74, 6) is -0.616. The number of carbonyl (C=O) groups excluding carboxylic acids is 3. The van der Waals surface area contributed by atoms with E-state index in [2.05, 4.69) is 10.6 Å². The lowest BCUT2D eigenvalue weighted by Crippen LogP contribution is -2.36. The Labute approximate surface area is 152 Å². The molecule has 1 aromatic heterocycles. The number of rotatable bonds is 7. The number of aryl methyl sites for hydroxylation is 1. The lowest BCUT2D eigenvalue weighted by Gasteiger charge is -2.13. The van der Waals surface area contributed by atoms with Crippen LogP contribution >= 0.6 is 0 Å². The second kappa shape index (κ2) is 7.86. The highest BCUT2D eigenvalue weighted by Gasteiger charge is 2.38. The molecule has 0 radical (unpaired) electrons. The van der Waals surface area contributed by atoms with Gasteiger partial charge in [0.05, 0.1) is 13.0 Å². The third-order valence-corrected chi connectivity index (χ3v) is 4.48. The summed E-state index contributed by atoms with van der Waals surface area (Å²) < 4.78 is 1.91. The number of urea groups is 1. The van der Waals surface area contributed by atoms with Gasteiger partial charge in [-0.05, 0) is 24.1 Å². The molecule has 1 aliphatic heterocycles. The number of carbonyl (C=O) groups is 3. The highest BCUT2D eigenvalue weighted by atomic mass is 16.2. The Bertz CT molecular complexity index is 800. The van der Waals surface area contributed by atoms with E-state index in [1.165, 1.54) is 4.90 Å². The van der Waals surface area contributed by atoms with Gasteiger partial charge in [-0.1, -0.05) is 30.3 Å². The van der Waals surface area contributed by atoms with Crippen molar-refractivity contribution in [1.29, 1.82) is 0 Å². The molecule has 1 aliphatic rings. The molecular formula is C19H22N4O3. The van der Waals surface area contributed by atoms with Crippen LogP contribution in [-0.2, 0) is 29.6 Å². The zero-order valence-corrected chi connectivity index (χ0v) is 14.6.